The van der Waals surface area contributed by atoms with Crippen molar-refractivity contribution in [3.8, 4) is 5.75 Å². The fraction of sp³-hybridized carbons (Fsp3) is 0.295. The van der Waals surface area contributed by atoms with Gasteiger partial charge in [0, 0.05) is 55.5 Å². The number of alkyl halides is 1. The largest absolute Gasteiger partial charge is 0.492 e. The number of piperidine rings is 1. The van der Waals surface area contributed by atoms with Crippen molar-refractivity contribution >= 4 is 58.0 Å². The van der Waals surface area contributed by atoms with Gasteiger partial charge < -0.3 is 19.9 Å². The highest BCUT2D eigenvalue weighted by Crippen LogP contribution is 2.36. The molecule has 2 N–H and O–H groups in total. The summed E-state index contributed by atoms with van der Waals surface area (Å²) in [5.41, 5.74) is 7.20. The number of rotatable bonds is 16. The van der Waals surface area contributed by atoms with Crippen LogP contribution in [0.15, 0.2) is 103 Å². The summed E-state index contributed by atoms with van der Waals surface area (Å²) < 4.78 is 6.02. The van der Waals surface area contributed by atoms with Gasteiger partial charge in [0.15, 0.2) is 0 Å². The van der Waals surface area contributed by atoms with Crippen LogP contribution < -0.4 is 15.4 Å². The lowest BCUT2D eigenvalue weighted by Gasteiger charge is -2.29. The van der Waals surface area contributed by atoms with Gasteiger partial charge in [0.1, 0.15) is 18.4 Å². The molecule has 5 amide bonds. The number of fused-ring (bicyclic) bond motifs is 1. The second-order valence-electron chi connectivity index (χ2n) is 13.7. The van der Waals surface area contributed by atoms with E-state index in [2.05, 4.69) is 47.0 Å². The summed E-state index contributed by atoms with van der Waals surface area (Å²) in [4.78, 5) is 65.9. The summed E-state index contributed by atoms with van der Waals surface area (Å²) in [5, 5.41) is 5.20. The van der Waals surface area contributed by atoms with E-state index in [0.717, 1.165) is 22.3 Å². The minimum absolute atomic E-state index is 0.0299. The lowest BCUT2D eigenvalue weighted by Crippen LogP contribution is -2.52. The van der Waals surface area contributed by atoms with Gasteiger partial charge in [-0.2, -0.15) is 0 Å². The minimum atomic E-state index is -0.730. The zero-order valence-corrected chi connectivity index (χ0v) is 31.6. The Morgan fingerprint density at radius 3 is 2.20 bits per heavy atom. The maximum Gasteiger partial charge on any atom is 0.255 e. The van der Waals surface area contributed by atoms with Gasteiger partial charge in [-0.1, -0.05) is 78.9 Å². The Balaban J connectivity index is 0.953. The number of imide groups is 1. The second-order valence-corrected chi connectivity index (χ2v) is 14.1. The molecule has 0 spiro atoms. The predicted molar refractivity (Wildman–Crippen MR) is 213 cm³/mol. The highest BCUT2D eigenvalue weighted by atomic mass is 35.5. The fourth-order valence-electron chi connectivity index (χ4n) is 7.08. The normalized spacial score (nSPS) is 15.6. The molecule has 6 rings (SSSR count). The number of nitrogens with one attached hydrogen (secondary N) is 2. The first kappa shape index (κ1) is 39.0. The third-order valence-corrected chi connectivity index (χ3v) is 10.2. The molecule has 0 radical (unpaired) electrons. The first-order valence-corrected chi connectivity index (χ1v) is 19.2. The average Bonchev–Trinajstić information content (AvgIpc) is 3.53. The van der Waals surface area contributed by atoms with Gasteiger partial charge >= 0.3 is 0 Å². The van der Waals surface area contributed by atoms with Crippen LogP contribution in [-0.4, -0.2) is 71.5 Å². The van der Waals surface area contributed by atoms with Crippen LogP contribution >= 0.6 is 11.6 Å². The van der Waals surface area contributed by atoms with E-state index in [1.165, 1.54) is 10.5 Å². The van der Waals surface area contributed by atoms with Gasteiger partial charge in [0.05, 0.1) is 6.54 Å². The summed E-state index contributed by atoms with van der Waals surface area (Å²) in [6.07, 6.45) is 2.72. The maximum atomic E-state index is 13.1. The Morgan fingerprint density at radius 1 is 0.836 bits per heavy atom. The van der Waals surface area contributed by atoms with E-state index in [9.17, 15) is 24.0 Å². The highest BCUT2D eigenvalue weighted by Gasteiger charge is 2.40. The Kier molecular flexibility index (Phi) is 13.1. The molecule has 11 heteroatoms. The quantitative estimate of drug-likeness (QED) is 0.0545. The SMILES string of the molecule is CN(CCOc1ccc(C(=C(CCCl)c2ccccc2)c2ccccc2)cc1)C(=O)CCCCC(=O)Nc1cccc2c1CN(C1CCC(=O)NC1=O)C2=O. The maximum absolute atomic E-state index is 13.1. The van der Waals surface area contributed by atoms with Crippen molar-refractivity contribution in [2.75, 3.05) is 31.4 Å². The first-order valence-electron chi connectivity index (χ1n) is 18.7. The third-order valence-electron chi connectivity index (χ3n) is 10.00. The van der Waals surface area contributed by atoms with Crippen molar-refractivity contribution in [1.82, 2.24) is 15.1 Å². The number of halogens is 1. The number of hydrogen-bond donors (Lipinski definition) is 2. The highest BCUT2D eigenvalue weighted by molar-refractivity contribution is 6.18. The Bertz CT molecular complexity index is 2050. The molecular formula is C44H45ClN4O6. The van der Waals surface area contributed by atoms with E-state index >= 15 is 0 Å². The monoisotopic (exact) mass is 760 g/mol. The zero-order valence-electron chi connectivity index (χ0n) is 30.9. The van der Waals surface area contributed by atoms with E-state index in [0.29, 0.717) is 67.3 Å². The number of nitrogens with zero attached hydrogens (tertiary/aromatic N) is 2. The average molecular weight is 761 g/mol. The van der Waals surface area contributed by atoms with Gasteiger partial charge in [-0.05, 0) is 77.8 Å². The number of anilines is 1. The number of carbonyl (C=O) groups excluding carboxylic acids is 5. The van der Waals surface area contributed by atoms with E-state index in [1.807, 2.05) is 48.5 Å². The van der Waals surface area contributed by atoms with Crippen LogP contribution in [0.25, 0.3) is 11.1 Å². The second kappa shape index (κ2) is 18.5. The first-order chi connectivity index (χ1) is 26.7. The summed E-state index contributed by atoms with van der Waals surface area (Å²) in [6.45, 7) is 0.916. The van der Waals surface area contributed by atoms with Gasteiger partial charge in [-0.25, -0.2) is 0 Å². The lowest BCUT2D eigenvalue weighted by molar-refractivity contribution is -0.137. The zero-order chi connectivity index (χ0) is 38.7. The van der Waals surface area contributed by atoms with E-state index < -0.39 is 11.9 Å². The van der Waals surface area contributed by atoms with Crippen molar-refractivity contribution < 1.29 is 28.7 Å². The van der Waals surface area contributed by atoms with Gasteiger partial charge in [0.25, 0.3) is 5.91 Å². The minimum Gasteiger partial charge on any atom is -0.492 e. The van der Waals surface area contributed by atoms with Gasteiger partial charge in [-0.3, -0.25) is 29.3 Å². The summed E-state index contributed by atoms with van der Waals surface area (Å²) in [5.74, 6) is -0.170. The summed E-state index contributed by atoms with van der Waals surface area (Å²) in [7, 11) is 1.75. The van der Waals surface area contributed by atoms with Crippen LogP contribution in [0.1, 0.15) is 77.6 Å². The smallest absolute Gasteiger partial charge is 0.255 e. The molecule has 2 aliphatic rings. The topological polar surface area (TPSA) is 125 Å². The molecule has 0 saturated carbocycles. The molecule has 0 aliphatic carbocycles. The van der Waals surface area contributed by atoms with Crippen molar-refractivity contribution in [1.29, 1.82) is 0 Å². The number of allylic oxidation sites excluding steroid dienone is 1. The summed E-state index contributed by atoms with van der Waals surface area (Å²) in [6, 6.07) is 33.0. The van der Waals surface area contributed by atoms with E-state index in [1.54, 1.807) is 30.1 Å². The predicted octanol–water partition coefficient (Wildman–Crippen LogP) is 7.07. The van der Waals surface area contributed by atoms with Crippen LogP contribution in [0.2, 0.25) is 0 Å². The molecule has 0 bridgehead atoms. The molecule has 4 aromatic rings. The summed E-state index contributed by atoms with van der Waals surface area (Å²) >= 11 is 6.30. The number of ether oxygens (including phenoxy) is 1. The molecule has 55 heavy (non-hydrogen) atoms. The van der Waals surface area contributed by atoms with Crippen LogP contribution in [0.3, 0.4) is 0 Å². The van der Waals surface area contributed by atoms with Crippen LogP contribution in [0, 0.1) is 0 Å². The Morgan fingerprint density at radius 2 is 1.51 bits per heavy atom. The van der Waals surface area contributed by atoms with Crippen molar-refractivity contribution in [3.05, 3.63) is 131 Å². The van der Waals surface area contributed by atoms with Crippen LogP contribution in [-0.2, 0) is 25.7 Å². The molecule has 10 nitrogen and oxygen atoms in total. The van der Waals surface area contributed by atoms with Crippen molar-refractivity contribution in [3.63, 3.8) is 0 Å². The molecular weight excluding hydrogens is 716 g/mol. The molecule has 1 fully saturated rings. The molecule has 1 saturated heterocycles. The number of amides is 5. The molecule has 4 aromatic carbocycles. The van der Waals surface area contributed by atoms with Crippen LogP contribution in [0.5, 0.6) is 5.75 Å². The number of unbranched alkanes of at least 4 members (excludes halogenated alkanes) is 1. The molecule has 2 aliphatic heterocycles. The number of carbonyl (C=O) groups is 5. The number of likely N-dealkylation sites (N-methyl/N-ethyl adjacent to an activating group) is 1. The molecule has 1 unspecified atom stereocenters. The molecule has 284 valence electrons. The Hall–Kier alpha value is -5.74. The van der Waals surface area contributed by atoms with Gasteiger partial charge in [0.2, 0.25) is 23.6 Å². The van der Waals surface area contributed by atoms with Crippen LogP contribution in [0.4, 0.5) is 5.69 Å². The standard InChI is InChI=1S/C44H45ClN4O6/c1-48(27-28-55-33-21-19-32(20-22-33)42(31-13-6-3-7-14-31)34(25-26-45)30-11-4-2-5-12-30)41(52)18-9-8-17-39(50)46-37-16-10-15-35-36(37)29-49(44(35)54)38-23-24-40(51)47-43(38)53/h2-7,10-16,19-22,38H,8-9,17-18,23-29H2,1H3,(H,46,50)(H,47,51,53). The molecule has 1 atom stereocenters. The fourth-order valence-corrected chi connectivity index (χ4v) is 7.27. The Labute approximate surface area is 326 Å². The third kappa shape index (κ3) is 9.69. The molecule has 2 heterocycles. The van der Waals surface area contributed by atoms with Crippen molar-refractivity contribution in [2.24, 2.45) is 0 Å². The van der Waals surface area contributed by atoms with Gasteiger partial charge in [-0.15, -0.1) is 11.6 Å². The van der Waals surface area contributed by atoms with Crippen molar-refractivity contribution in [2.45, 2.75) is 57.5 Å². The van der Waals surface area contributed by atoms with E-state index in [4.69, 9.17) is 16.3 Å². The van der Waals surface area contributed by atoms with E-state index in [-0.39, 0.29) is 49.4 Å². The molecule has 0 aromatic heterocycles. The number of benzene rings is 4. The number of hydrogen-bond acceptors (Lipinski definition) is 6. The lowest BCUT2D eigenvalue weighted by atomic mass is 9.88.